The number of aliphatic hydroxyl groups is 3. The minimum absolute atomic E-state index is 0.289. The van der Waals surface area contributed by atoms with Gasteiger partial charge in [0.25, 0.3) is 0 Å². The summed E-state index contributed by atoms with van der Waals surface area (Å²) in [5.41, 5.74) is 1.40. The number of carbonyl (C=O) groups is 1. The number of aromatic nitrogens is 4. The zero-order valence-electron chi connectivity index (χ0n) is 13.4. The monoisotopic (exact) mass is 351 g/mol. The van der Waals surface area contributed by atoms with Gasteiger partial charge in [0.15, 0.2) is 29.3 Å². The molecule has 0 aliphatic carbocycles. The Morgan fingerprint density at radius 1 is 1.28 bits per heavy atom. The first-order valence-electron chi connectivity index (χ1n) is 7.43. The van der Waals surface area contributed by atoms with E-state index in [4.69, 9.17) is 9.84 Å². The number of rotatable bonds is 4. The van der Waals surface area contributed by atoms with Crippen molar-refractivity contribution >= 4 is 28.7 Å². The van der Waals surface area contributed by atoms with Crippen molar-refractivity contribution in [3.63, 3.8) is 0 Å². The fourth-order valence-corrected chi connectivity index (χ4v) is 2.64. The summed E-state index contributed by atoms with van der Waals surface area (Å²) in [5.74, 6) is -1.23. The molecule has 25 heavy (non-hydrogen) atoms. The molecule has 1 unspecified atom stereocenters. The number of carboxylic acid groups (broad SMARTS) is 1. The van der Waals surface area contributed by atoms with E-state index in [9.17, 15) is 20.1 Å². The fraction of sp³-hybridized carbons (Fsp3) is 0.500. The number of carboxylic acids is 1. The Labute approximate surface area is 141 Å². The predicted molar refractivity (Wildman–Crippen MR) is 83.3 cm³/mol. The molecular weight excluding hydrogens is 334 g/mol. The second-order valence-electron chi connectivity index (χ2n) is 5.84. The summed E-state index contributed by atoms with van der Waals surface area (Å²) >= 11 is 0. The van der Waals surface area contributed by atoms with Gasteiger partial charge < -0.3 is 25.2 Å². The van der Waals surface area contributed by atoms with E-state index in [1.165, 1.54) is 17.2 Å². The lowest BCUT2D eigenvalue weighted by Gasteiger charge is -2.17. The van der Waals surface area contributed by atoms with E-state index in [-0.39, 0.29) is 5.65 Å². The average Bonchev–Trinajstić information content (AvgIpc) is 3.09. The van der Waals surface area contributed by atoms with E-state index in [1.807, 2.05) is 0 Å². The molecule has 3 rings (SSSR count). The van der Waals surface area contributed by atoms with Crippen LogP contribution in [0, 0.1) is 0 Å². The van der Waals surface area contributed by atoms with Crippen LogP contribution < -0.4 is 0 Å². The lowest BCUT2D eigenvalue weighted by molar-refractivity contribution is -0.160. The van der Waals surface area contributed by atoms with Crippen molar-refractivity contribution in [3.8, 4) is 0 Å². The highest BCUT2D eigenvalue weighted by molar-refractivity contribution is 5.88. The molecule has 11 nitrogen and oxygen atoms in total. The largest absolute Gasteiger partial charge is 0.479 e. The van der Waals surface area contributed by atoms with Gasteiger partial charge in [-0.3, -0.25) is 4.57 Å². The molecule has 4 N–H and O–H groups in total. The molecule has 1 aliphatic rings. The molecule has 0 bridgehead atoms. The number of aliphatic imine (C=N–C) groups is 1. The topological polar surface area (TPSA) is 163 Å². The van der Waals surface area contributed by atoms with Gasteiger partial charge in [0, 0.05) is 5.71 Å². The van der Waals surface area contributed by atoms with Crippen LogP contribution in [0.1, 0.15) is 20.1 Å². The zero-order valence-corrected chi connectivity index (χ0v) is 13.4. The molecule has 134 valence electrons. The van der Waals surface area contributed by atoms with Crippen molar-refractivity contribution in [2.75, 3.05) is 0 Å². The zero-order chi connectivity index (χ0) is 18.3. The molecule has 3 heterocycles. The molecule has 2 aromatic heterocycles. The van der Waals surface area contributed by atoms with Gasteiger partial charge in [-0.1, -0.05) is 0 Å². The first-order chi connectivity index (χ1) is 11.8. The summed E-state index contributed by atoms with van der Waals surface area (Å²) in [6, 6.07) is 0. The highest BCUT2D eigenvalue weighted by Gasteiger charge is 2.49. The molecule has 11 heteroatoms. The quantitative estimate of drug-likeness (QED) is 0.506. The van der Waals surface area contributed by atoms with Crippen LogP contribution in [-0.2, 0) is 9.53 Å². The Morgan fingerprint density at radius 2 is 2.00 bits per heavy atom. The second-order valence-corrected chi connectivity index (χ2v) is 5.84. The van der Waals surface area contributed by atoms with Crippen LogP contribution in [0.5, 0.6) is 0 Å². The number of imidazole rings is 1. The van der Waals surface area contributed by atoms with Crippen molar-refractivity contribution < 1.29 is 30.0 Å². The number of hydrogen-bond donors (Lipinski definition) is 4. The molecule has 0 aromatic carbocycles. The third-order valence-electron chi connectivity index (χ3n) is 3.78. The van der Waals surface area contributed by atoms with Gasteiger partial charge in [0.2, 0.25) is 0 Å². The van der Waals surface area contributed by atoms with Gasteiger partial charge in [-0.2, -0.15) is 0 Å². The predicted octanol–water partition coefficient (Wildman–Crippen LogP) is -0.997. The van der Waals surface area contributed by atoms with Crippen LogP contribution >= 0.6 is 0 Å². The summed E-state index contributed by atoms with van der Waals surface area (Å²) in [6.45, 7) is 3.59. The minimum Gasteiger partial charge on any atom is -0.479 e. The highest BCUT2D eigenvalue weighted by atomic mass is 16.6. The number of fused-ring (bicyclic) bond motifs is 1. The number of aliphatic hydroxyl groups excluding tert-OH is 3. The van der Waals surface area contributed by atoms with Crippen molar-refractivity contribution in [1.82, 2.24) is 19.5 Å². The van der Waals surface area contributed by atoms with Gasteiger partial charge in [-0.15, -0.1) is 0 Å². The molecule has 2 aromatic rings. The Morgan fingerprint density at radius 3 is 2.64 bits per heavy atom. The third kappa shape index (κ3) is 2.98. The summed E-state index contributed by atoms with van der Waals surface area (Å²) in [6.07, 6.45) is -5.14. The Hall–Kier alpha value is -2.47. The van der Waals surface area contributed by atoms with Crippen molar-refractivity contribution in [2.24, 2.45) is 4.99 Å². The van der Waals surface area contributed by atoms with Crippen molar-refractivity contribution in [2.45, 2.75) is 44.5 Å². The normalized spacial score (nSPS) is 27.4. The number of nitrogens with zero attached hydrogens (tertiary/aromatic N) is 5. The number of hydrogen-bond acceptors (Lipinski definition) is 9. The molecule has 5 atom stereocenters. The van der Waals surface area contributed by atoms with Gasteiger partial charge in [0.05, 0.1) is 6.33 Å². The molecule has 1 fully saturated rings. The lowest BCUT2D eigenvalue weighted by Crippen LogP contribution is -2.42. The Balaban J connectivity index is 2.00. The van der Waals surface area contributed by atoms with Crippen LogP contribution in [0.25, 0.3) is 11.2 Å². The van der Waals surface area contributed by atoms with Gasteiger partial charge >= 0.3 is 5.97 Å². The molecule has 1 aliphatic heterocycles. The van der Waals surface area contributed by atoms with Crippen LogP contribution in [0.3, 0.4) is 0 Å². The van der Waals surface area contributed by atoms with E-state index in [0.29, 0.717) is 11.3 Å². The van der Waals surface area contributed by atoms with E-state index in [1.54, 1.807) is 13.8 Å². The first kappa shape index (κ1) is 17.4. The third-order valence-corrected chi connectivity index (χ3v) is 3.78. The molecule has 0 amide bonds. The average molecular weight is 351 g/mol. The highest BCUT2D eigenvalue weighted by Crippen LogP contribution is 2.33. The molecular formula is C14H17N5O6. The van der Waals surface area contributed by atoms with E-state index >= 15 is 0 Å². The molecule has 0 spiro atoms. The maximum absolute atomic E-state index is 10.9. The second kappa shape index (κ2) is 6.44. The van der Waals surface area contributed by atoms with Crippen molar-refractivity contribution in [3.05, 3.63) is 12.7 Å². The van der Waals surface area contributed by atoms with Crippen molar-refractivity contribution in [1.29, 1.82) is 0 Å². The standard InChI is InChI=1S/C14H17N5O6/c1-5(2)18-11-6-12(16-3-15-11)19(4-17-6)13-8(21)7(20)10(25-13)9(22)14(23)24/h3-4,7-10,13,20-22H,1-2H3,(H,23,24)/t7-,8+,9?,10-,13+/m0/s1. The van der Waals surface area contributed by atoms with E-state index < -0.39 is 36.6 Å². The molecule has 0 saturated carbocycles. The Kier molecular flexibility index (Phi) is 4.47. The maximum atomic E-state index is 10.9. The fourth-order valence-electron chi connectivity index (χ4n) is 2.64. The molecule has 1 saturated heterocycles. The van der Waals surface area contributed by atoms with Crippen LogP contribution in [0.2, 0.25) is 0 Å². The smallest absolute Gasteiger partial charge is 0.335 e. The van der Waals surface area contributed by atoms with Crippen LogP contribution in [0.4, 0.5) is 5.82 Å². The lowest BCUT2D eigenvalue weighted by atomic mass is 10.1. The maximum Gasteiger partial charge on any atom is 0.335 e. The summed E-state index contributed by atoms with van der Waals surface area (Å²) in [4.78, 5) is 27.5. The van der Waals surface area contributed by atoms with E-state index in [0.717, 1.165) is 5.71 Å². The van der Waals surface area contributed by atoms with Crippen LogP contribution in [0.15, 0.2) is 17.6 Å². The van der Waals surface area contributed by atoms with Gasteiger partial charge in [-0.25, -0.2) is 24.7 Å². The van der Waals surface area contributed by atoms with Gasteiger partial charge in [0.1, 0.15) is 24.6 Å². The van der Waals surface area contributed by atoms with Crippen LogP contribution in [-0.4, -0.2) is 76.0 Å². The molecule has 0 radical (unpaired) electrons. The summed E-state index contributed by atoms with van der Waals surface area (Å²) in [5, 5.41) is 38.7. The number of aliphatic carboxylic acids is 1. The summed E-state index contributed by atoms with van der Waals surface area (Å²) in [7, 11) is 0. The minimum atomic E-state index is -1.98. The number of ether oxygens (including phenoxy) is 1. The SMILES string of the molecule is CC(C)=Nc1ncnc2c1ncn2[C@@H]1O[C@H](C(O)C(=O)O)[C@@H](O)[C@H]1O. The Bertz CT molecular complexity index is 832. The van der Waals surface area contributed by atoms with Gasteiger partial charge in [-0.05, 0) is 13.8 Å². The van der Waals surface area contributed by atoms with E-state index in [2.05, 4.69) is 19.9 Å². The first-order valence-corrected chi connectivity index (χ1v) is 7.43. The summed E-state index contributed by atoms with van der Waals surface area (Å²) < 4.78 is 6.72.